The lowest BCUT2D eigenvalue weighted by molar-refractivity contribution is -0.115. The van der Waals surface area contributed by atoms with Crippen molar-refractivity contribution in [1.82, 2.24) is 15.1 Å². The van der Waals surface area contributed by atoms with Gasteiger partial charge in [-0.15, -0.1) is 0 Å². The maximum absolute atomic E-state index is 11.2. The largest absolute Gasteiger partial charge is 0.322 e. The maximum atomic E-state index is 11.2. The Kier molecular flexibility index (Phi) is 3.64. The first-order chi connectivity index (χ1) is 6.63. The fourth-order valence-corrected chi connectivity index (χ4v) is 1.05. The molecule has 14 heavy (non-hydrogen) atoms. The van der Waals surface area contributed by atoms with Crippen LogP contribution in [-0.4, -0.2) is 29.3 Å². The molecule has 0 unspecified atom stereocenters. The summed E-state index contributed by atoms with van der Waals surface area (Å²) in [6.07, 6.45) is 3.46. The summed E-state index contributed by atoms with van der Waals surface area (Å²) in [7, 11) is 1.73. The molecule has 0 radical (unpaired) electrons. The summed E-state index contributed by atoms with van der Waals surface area (Å²) in [4.78, 5) is 11.2. The summed E-state index contributed by atoms with van der Waals surface area (Å²) in [5, 5.41) is 9.62. The molecule has 0 saturated heterocycles. The van der Waals surface area contributed by atoms with Crippen molar-refractivity contribution < 1.29 is 4.79 Å². The highest BCUT2D eigenvalue weighted by molar-refractivity contribution is 5.91. The van der Waals surface area contributed by atoms with Crippen LogP contribution in [0.1, 0.15) is 19.9 Å². The van der Waals surface area contributed by atoms with Crippen LogP contribution in [0, 0.1) is 0 Å². The zero-order chi connectivity index (χ0) is 10.6. The van der Waals surface area contributed by atoms with Gasteiger partial charge in [-0.25, -0.2) is 0 Å². The van der Waals surface area contributed by atoms with Crippen molar-refractivity contribution in [2.45, 2.75) is 19.9 Å². The molecule has 1 amide bonds. The van der Waals surface area contributed by atoms with Crippen LogP contribution in [0.2, 0.25) is 0 Å². The molecule has 2 N–H and O–H groups in total. The number of hydrogen-bond acceptors (Lipinski definition) is 3. The second-order valence-corrected chi connectivity index (χ2v) is 3.38. The van der Waals surface area contributed by atoms with Crippen molar-refractivity contribution in [3.63, 3.8) is 0 Å². The highest BCUT2D eigenvalue weighted by Crippen LogP contribution is 2.09. The van der Waals surface area contributed by atoms with Crippen LogP contribution in [0.25, 0.3) is 0 Å². The number of anilines is 1. The number of aromatic nitrogens is 2. The van der Waals surface area contributed by atoms with Crippen LogP contribution < -0.4 is 10.6 Å². The average molecular weight is 196 g/mol. The number of amides is 1. The first-order valence-electron chi connectivity index (χ1n) is 4.62. The van der Waals surface area contributed by atoms with Crippen LogP contribution in [0.3, 0.4) is 0 Å². The maximum Gasteiger partial charge on any atom is 0.238 e. The van der Waals surface area contributed by atoms with Crippen molar-refractivity contribution in [3.05, 3.63) is 12.4 Å². The fraction of sp³-hybridized carbons (Fsp3) is 0.556. The lowest BCUT2D eigenvalue weighted by Gasteiger charge is -2.03. The summed E-state index contributed by atoms with van der Waals surface area (Å²) in [6, 6.07) is 0.310. The normalized spacial score (nSPS) is 10.6. The Balaban J connectivity index is 2.55. The molecule has 0 fully saturated rings. The second kappa shape index (κ2) is 4.76. The van der Waals surface area contributed by atoms with E-state index in [0.717, 1.165) is 5.69 Å². The minimum absolute atomic E-state index is 0.0594. The van der Waals surface area contributed by atoms with Gasteiger partial charge in [0.25, 0.3) is 0 Å². The SMILES string of the molecule is CNCC(=O)Nc1cnn(C(C)C)c1. The fourth-order valence-electron chi connectivity index (χ4n) is 1.05. The zero-order valence-corrected chi connectivity index (χ0v) is 8.74. The number of likely N-dealkylation sites (N-methyl/N-ethyl adjacent to an activating group) is 1. The van der Waals surface area contributed by atoms with E-state index in [1.807, 2.05) is 20.0 Å². The highest BCUT2D eigenvalue weighted by atomic mass is 16.1. The summed E-state index contributed by atoms with van der Waals surface area (Å²) in [6.45, 7) is 4.38. The van der Waals surface area contributed by atoms with Crippen LogP contribution in [0.5, 0.6) is 0 Å². The van der Waals surface area contributed by atoms with E-state index in [4.69, 9.17) is 0 Å². The monoisotopic (exact) mass is 196 g/mol. The predicted octanol–water partition coefficient (Wildman–Crippen LogP) is 0.622. The van der Waals surface area contributed by atoms with Gasteiger partial charge in [0.2, 0.25) is 5.91 Å². The number of hydrogen-bond donors (Lipinski definition) is 2. The Hall–Kier alpha value is -1.36. The molecule has 0 aliphatic heterocycles. The molecule has 78 valence electrons. The Morgan fingerprint density at radius 3 is 2.86 bits per heavy atom. The average Bonchev–Trinajstić information content (AvgIpc) is 2.53. The van der Waals surface area contributed by atoms with Crippen LogP contribution in [0.4, 0.5) is 5.69 Å². The van der Waals surface area contributed by atoms with Gasteiger partial charge in [0.15, 0.2) is 0 Å². The van der Waals surface area contributed by atoms with Crippen LogP contribution >= 0.6 is 0 Å². The number of carbonyl (C=O) groups excluding carboxylic acids is 1. The van der Waals surface area contributed by atoms with E-state index in [1.165, 1.54) is 0 Å². The molecule has 0 aliphatic rings. The van der Waals surface area contributed by atoms with E-state index in [0.29, 0.717) is 12.6 Å². The van der Waals surface area contributed by atoms with E-state index >= 15 is 0 Å². The molecule has 0 spiro atoms. The first kappa shape index (κ1) is 10.7. The lowest BCUT2D eigenvalue weighted by Crippen LogP contribution is -2.24. The molecule has 1 aromatic rings. The predicted molar refractivity (Wildman–Crippen MR) is 55.2 cm³/mol. The molecule has 0 aromatic carbocycles. The molecule has 0 bridgehead atoms. The third kappa shape index (κ3) is 2.85. The van der Waals surface area contributed by atoms with Gasteiger partial charge in [-0.2, -0.15) is 5.10 Å². The third-order valence-corrected chi connectivity index (χ3v) is 1.75. The Morgan fingerprint density at radius 2 is 2.36 bits per heavy atom. The van der Waals surface area contributed by atoms with Crippen molar-refractivity contribution in [2.24, 2.45) is 0 Å². The highest BCUT2D eigenvalue weighted by Gasteiger charge is 2.04. The van der Waals surface area contributed by atoms with Gasteiger partial charge < -0.3 is 10.6 Å². The van der Waals surface area contributed by atoms with Gasteiger partial charge in [0.1, 0.15) is 0 Å². The molecule has 0 atom stereocenters. The number of nitrogens with zero attached hydrogens (tertiary/aromatic N) is 2. The molecule has 1 rings (SSSR count). The lowest BCUT2D eigenvalue weighted by atomic mass is 10.4. The van der Waals surface area contributed by atoms with Gasteiger partial charge in [-0.05, 0) is 20.9 Å². The molecule has 0 aliphatic carbocycles. The van der Waals surface area contributed by atoms with E-state index < -0.39 is 0 Å². The smallest absolute Gasteiger partial charge is 0.238 e. The number of rotatable bonds is 4. The number of nitrogens with one attached hydrogen (secondary N) is 2. The third-order valence-electron chi connectivity index (χ3n) is 1.75. The molecule has 1 heterocycles. The van der Waals surface area contributed by atoms with Crippen molar-refractivity contribution in [3.8, 4) is 0 Å². The molecular formula is C9H16N4O. The van der Waals surface area contributed by atoms with Gasteiger partial charge in [-0.3, -0.25) is 9.48 Å². The van der Waals surface area contributed by atoms with Gasteiger partial charge in [-0.1, -0.05) is 0 Å². The van der Waals surface area contributed by atoms with E-state index in [-0.39, 0.29) is 5.91 Å². The van der Waals surface area contributed by atoms with Crippen LogP contribution in [-0.2, 0) is 4.79 Å². The topological polar surface area (TPSA) is 59.0 Å². The van der Waals surface area contributed by atoms with E-state index in [1.54, 1.807) is 17.9 Å². The van der Waals surface area contributed by atoms with Crippen LogP contribution in [0.15, 0.2) is 12.4 Å². The summed E-state index contributed by atoms with van der Waals surface area (Å²) in [5.74, 6) is -0.0594. The first-order valence-corrected chi connectivity index (χ1v) is 4.62. The van der Waals surface area contributed by atoms with Crippen molar-refractivity contribution in [2.75, 3.05) is 18.9 Å². The summed E-state index contributed by atoms with van der Waals surface area (Å²) in [5.41, 5.74) is 0.735. The number of carbonyl (C=O) groups is 1. The Morgan fingerprint density at radius 1 is 1.64 bits per heavy atom. The molecule has 1 aromatic heterocycles. The molecular weight excluding hydrogens is 180 g/mol. The standard InChI is InChI=1S/C9H16N4O/c1-7(2)13-6-8(4-11-13)12-9(14)5-10-3/h4,6-7,10H,5H2,1-3H3,(H,12,14). The minimum atomic E-state index is -0.0594. The van der Waals surface area contributed by atoms with E-state index in [2.05, 4.69) is 15.7 Å². The Labute approximate surface area is 83.5 Å². The quantitative estimate of drug-likeness (QED) is 0.742. The molecule has 0 saturated carbocycles. The summed E-state index contributed by atoms with van der Waals surface area (Å²) >= 11 is 0. The van der Waals surface area contributed by atoms with Gasteiger partial charge in [0, 0.05) is 12.2 Å². The van der Waals surface area contributed by atoms with Crippen molar-refractivity contribution in [1.29, 1.82) is 0 Å². The molecule has 5 heteroatoms. The minimum Gasteiger partial charge on any atom is -0.322 e. The van der Waals surface area contributed by atoms with Gasteiger partial charge >= 0.3 is 0 Å². The molecule has 5 nitrogen and oxygen atoms in total. The summed E-state index contributed by atoms with van der Waals surface area (Å²) < 4.78 is 1.80. The Bertz CT molecular complexity index is 306. The zero-order valence-electron chi connectivity index (χ0n) is 8.74. The second-order valence-electron chi connectivity index (χ2n) is 3.38. The van der Waals surface area contributed by atoms with Gasteiger partial charge in [0.05, 0.1) is 18.4 Å². The van der Waals surface area contributed by atoms with Crippen molar-refractivity contribution >= 4 is 11.6 Å². The van der Waals surface area contributed by atoms with E-state index in [9.17, 15) is 4.79 Å².